The number of ether oxygens (including phenoxy) is 2. The zero-order valence-electron chi connectivity index (χ0n) is 13.5. The lowest BCUT2D eigenvalue weighted by molar-refractivity contribution is -0.121. The van der Waals surface area contributed by atoms with Crippen LogP contribution >= 0.6 is 0 Å². The molecule has 1 aromatic rings. The van der Waals surface area contributed by atoms with E-state index in [2.05, 4.69) is 15.6 Å². The quantitative estimate of drug-likeness (QED) is 0.790. The van der Waals surface area contributed by atoms with Gasteiger partial charge in [0, 0.05) is 6.42 Å². The molecule has 1 aromatic carbocycles. The van der Waals surface area contributed by atoms with Crippen molar-refractivity contribution in [2.24, 2.45) is 0 Å². The van der Waals surface area contributed by atoms with Crippen LogP contribution in [-0.4, -0.2) is 24.7 Å². The number of hydrogen-bond donors (Lipinski definition) is 2. The molecule has 2 rings (SSSR count). The van der Waals surface area contributed by atoms with Crippen LogP contribution in [0.3, 0.4) is 0 Å². The highest BCUT2D eigenvalue weighted by Gasteiger charge is 2.16. The summed E-state index contributed by atoms with van der Waals surface area (Å²) in [6.45, 7) is 1.96. The summed E-state index contributed by atoms with van der Waals surface area (Å²) in [6.07, 6.45) is 5.22. The van der Waals surface area contributed by atoms with Crippen LogP contribution in [0, 0.1) is 0 Å². The van der Waals surface area contributed by atoms with Crippen LogP contribution in [0.2, 0.25) is 0 Å². The molecule has 0 radical (unpaired) electrons. The number of rotatable bonds is 6. The summed E-state index contributed by atoms with van der Waals surface area (Å²) in [6, 6.07) is 7.83. The molecule has 0 aromatic heterocycles. The van der Waals surface area contributed by atoms with Crippen LogP contribution in [0.15, 0.2) is 24.3 Å². The lowest BCUT2D eigenvalue weighted by atomic mass is 10.1. The van der Waals surface area contributed by atoms with E-state index >= 15 is 0 Å². The fourth-order valence-corrected chi connectivity index (χ4v) is 2.58. The van der Waals surface area contributed by atoms with E-state index in [0.29, 0.717) is 12.5 Å². The van der Waals surface area contributed by atoms with Crippen molar-refractivity contribution in [3.63, 3.8) is 0 Å². The average molecular weight is 320 g/mol. The maximum Gasteiger partial charge on any atom is 0.426 e. The second-order valence-electron chi connectivity index (χ2n) is 5.57. The molecular weight excluding hydrogens is 296 g/mol. The molecule has 0 aliphatic heterocycles. The summed E-state index contributed by atoms with van der Waals surface area (Å²) in [5.74, 6) is 0.597. The summed E-state index contributed by atoms with van der Waals surface area (Å²) >= 11 is 0. The zero-order valence-corrected chi connectivity index (χ0v) is 13.5. The first kappa shape index (κ1) is 17.1. The van der Waals surface area contributed by atoms with E-state index in [1.165, 1.54) is 12.8 Å². The lowest BCUT2D eigenvalue weighted by Gasteiger charge is -2.13. The highest BCUT2D eigenvalue weighted by atomic mass is 16.6. The molecule has 126 valence electrons. The molecule has 0 unspecified atom stereocenters. The molecule has 6 heteroatoms. The second-order valence-corrected chi connectivity index (χ2v) is 5.57. The van der Waals surface area contributed by atoms with Crippen LogP contribution in [0.5, 0.6) is 5.75 Å². The van der Waals surface area contributed by atoms with Crippen molar-refractivity contribution in [3.05, 3.63) is 29.8 Å². The Labute approximate surface area is 136 Å². The van der Waals surface area contributed by atoms with Gasteiger partial charge in [-0.05, 0) is 56.7 Å². The van der Waals surface area contributed by atoms with Crippen molar-refractivity contribution >= 4 is 12.0 Å². The Balaban J connectivity index is 1.74. The topological polar surface area (TPSA) is 76.7 Å². The van der Waals surface area contributed by atoms with Gasteiger partial charge >= 0.3 is 6.09 Å². The van der Waals surface area contributed by atoms with Gasteiger partial charge < -0.3 is 9.47 Å². The second kappa shape index (κ2) is 9.02. The molecule has 6 nitrogen and oxygen atoms in total. The highest BCUT2D eigenvalue weighted by Crippen LogP contribution is 2.24. The Kier molecular flexibility index (Phi) is 6.72. The minimum absolute atomic E-state index is 0.259. The number of hydrogen-bond acceptors (Lipinski definition) is 4. The van der Waals surface area contributed by atoms with Gasteiger partial charge in [0.05, 0.1) is 12.7 Å². The summed E-state index contributed by atoms with van der Waals surface area (Å²) in [4.78, 5) is 22.7. The number of carbonyl (C=O) groups is 2. The van der Waals surface area contributed by atoms with Crippen LogP contribution < -0.4 is 15.6 Å². The molecule has 1 aliphatic carbocycles. The van der Waals surface area contributed by atoms with Crippen LogP contribution in [-0.2, 0) is 16.0 Å². The van der Waals surface area contributed by atoms with E-state index < -0.39 is 6.09 Å². The number of hydrazine groups is 1. The molecule has 0 spiro atoms. The minimum Gasteiger partial charge on any atom is -0.490 e. The third kappa shape index (κ3) is 6.18. The molecule has 0 heterocycles. The molecule has 2 amide bonds. The van der Waals surface area contributed by atoms with Crippen molar-refractivity contribution in [1.29, 1.82) is 0 Å². The van der Waals surface area contributed by atoms with Crippen molar-refractivity contribution < 1.29 is 19.1 Å². The predicted molar refractivity (Wildman–Crippen MR) is 85.9 cm³/mol. The third-order valence-electron chi connectivity index (χ3n) is 3.72. The SMILES string of the molecule is CCOC(=O)NNC(=O)CCc1cccc(OC2CCCC2)c1. The first-order chi connectivity index (χ1) is 11.2. The standard InChI is InChI=1S/C17H24N2O4/c1-2-22-17(21)19-18-16(20)11-10-13-6-5-9-15(12-13)23-14-7-3-4-8-14/h5-6,9,12,14H,2-4,7-8,10-11H2,1H3,(H,18,20)(H,19,21). The fourth-order valence-electron chi connectivity index (χ4n) is 2.58. The van der Waals surface area contributed by atoms with Gasteiger partial charge in [-0.2, -0.15) is 0 Å². The molecule has 1 aliphatic rings. The third-order valence-corrected chi connectivity index (χ3v) is 3.72. The van der Waals surface area contributed by atoms with Gasteiger partial charge in [-0.3, -0.25) is 10.2 Å². The molecule has 0 bridgehead atoms. The van der Waals surface area contributed by atoms with Crippen LogP contribution in [0.4, 0.5) is 4.79 Å². The summed E-state index contributed by atoms with van der Waals surface area (Å²) in [7, 11) is 0. The number of benzene rings is 1. The Hall–Kier alpha value is -2.24. The predicted octanol–water partition coefficient (Wildman–Crippen LogP) is 2.72. The van der Waals surface area contributed by atoms with E-state index in [1.54, 1.807) is 6.92 Å². The van der Waals surface area contributed by atoms with Crippen molar-refractivity contribution in [2.45, 2.75) is 51.6 Å². The number of nitrogens with one attached hydrogen (secondary N) is 2. The van der Waals surface area contributed by atoms with Gasteiger partial charge in [0.15, 0.2) is 0 Å². The fraction of sp³-hybridized carbons (Fsp3) is 0.529. The van der Waals surface area contributed by atoms with Gasteiger partial charge in [0.25, 0.3) is 0 Å². The summed E-state index contributed by atoms with van der Waals surface area (Å²) in [5, 5.41) is 0. The maximum absolute atomic E-state index is 11.7. The Bertz CT molecular complexity index is 527. The molecule has 1 fully saturated rings. The number of carbonyl (C=O) groups excluding carboxylic acids is 2. The lowest BCUT2D eigenvalue weighted by Crippen LogP contribution is -2.42. The highest BCUT2D eigenvalue weighted by molar-refractivity contribution is 5.79. The van der Waals surface area contributed by atoms with E-state index in [0.717, 1.165) is 24.2 Å². The van der Waals surface area contributed by atoms with Gasteiger partial charge in [-0.1, -0.05) is 12.1 Å². The monoisotopic (exact) mass is 320 g/mol. The van der Waals surface area contributed by atoms with E-state index in [9.17, 15) is 9.59 Å². The van der Waals surface area contributed by atoms with Crippen molar-refractivity contribution in [1.82, 2.24) is 10.9 Å². The molecule has 2 N–H and O–H groups in total. The molecule has 0 atom stereocenters. The first-order valence-corrected chi connectivity index (χ1v) is 8.14. The van der Waals surface area contributed by atoms with Crippen LogP contribution in [0.1, 0.15) is 44.6 Å². The van der Waals surface area contributed by atoms with Gasteiger partial charge in [0.2, 0.25) is 5.91 Å². The minimum atomic E-state index is -0.659. The Morgan fingerprint density at radius 1 is 1.22 bits per heavy atom. The Morgan fingerprint density at radius 3 is 2.74 bits per heavy atom. The van der Waals surface area contributed by atoms with Crippen molar-refractivity contribution in [2.75, 3.05) is 6.61 Å². The van der Waals surface area contributed by atoms with Gasteiger partial charge in [-0.25, -0.2) is 10.2 Å². The zero-order chi connectivity index (χ0) is 16.5. The maximum atomic E-state index is 11.7. The van der Waals surface area contributed by atoms with Crippen molar-refractivity contribution in [3.8, 4) is 5.75 Å². The van der Waals surface area contributed by atoms with E-state index in [1.807, 2.05) is 24.3 Å². The van der Waals surface area contributed by atoms with E-state index in [-0.39, 0.29) is 18.9 Å². The Morgan fingerprint density at radius 2 is 2.00 bits per heavy atom. The normalized spacial score (nSPS) is 14.3. The summed E-state index contributed by atoms with van der Waals surface area (Å²) in [5.41, 5.74) is 5.54. The average Bonchev–Trinajstić information content (AvgIpc) is 3.04. The number of amides is 2. The largest absolute Gasteiger partial charge is 0.490 e. The van der Waals surface area contributed by atoms with Crippen LogP contribution in [0.25, 0.3) is 0 Å². The first-order valence-electron chi connectivity index (χ1n) is 8.14. The molecule has 1 saturated carbocycles. The smallest absolute Gasteiger partial charge is 0.426 e. The van der Waals surface area contributed by atoms with Gasteiger partial charge in [0.1, 0.15) is 5.75 Å². The van der Waals surface area contributed by atoms with Gasteiger partial charge in [-0.15, -0.1) is 0 Å². The molecule has 23 heavy (non-hydrogen) atoms. The molecule has 0 saturated heterocycles. The molecular formula is C17H24N2O4. The van der Waals surface area contributed by atoms with E-state index in [4.69, 9.17) is 4.74 Å². The number of aryl methyl sites for hydroxylation is 1. The summed E-state index contributed by atoms with van der Waals surface area (Å²) < 4.78 is 10.6.